The molecule has 0 aliphatic carbocycles. The molecule has 0 spiro atoms. The Kier molecular flexibility index (Phi) is 2.86. The number of carbonyl (C=O) groups is 1. The Morgan fingerprint density at radius 1 is 1.38 bits per heavy atom. The van der Waals surface area contributed by atoms with E-state index in [1.807, 2.05) is 4.90 Å². The monoisotopic (exact) mass is 219 g/mol. The molecule has 0 radical (unpaired) electrons. The number of anilines is 1. The molecule has 1 amide bonds. The second kappa shape index (κ2) is 4.16. The highest BCUT2D eigenvalue weighted by Gasteiger charge is 2.36. The van der Waals surface area contributed by atoms with Gasteiger partial charge in [-0.05, 0) is 44.0 Å². The minimum absolute atomic E-state index is 0.156. The summed E-state index contributed by atoms with van der Waals surface area (Å²) in [5, 5.41) is 9.23. The summed E-state index contributed by atoms with van der Waals surface area (Å²) in [6.45, 7) is 4.12. The maximum absolute atomic E-state index is 12.1. The van der Waals surface area contributed by atoms with Crippen molar-refractivity contribution >= 4 is 11.6 Å². The predicted molar refractivity (Wildman–Crippen MR) is 63.5 cm³/mol. The number of carbonyl (C=O) groups excluding carboxylic acids is 1. The van der Waals surface area contributed by atoms with Gasteiger partial charge in [0, 0.05) is 17.6 Å². The van der Waals surface area contributed by atoms with Crippen molar-refractivity contribution in [2.75, 3.05) is 4.90 Å². The topological polar surface area (TPSA) is 40.5 Å². The average Bonchev–Trinajstić information content (AvgIpc) is 2.56. The van der Waals surface area contributed by atoms with Gasteiger partial charge in [-0.3, -0.25) is 4.79 Å². The SMILES string of the molecule is CCC1CC(C)N(c2ccc(O)cc2)C1=O. The van der Waals surface area contributed by atoms with E-state index in [0.29, 0.717) is 0 Å². The van der Waals surface area contributed by atoms with E-state index >= 15 is 0 Å². The summed E-state index contributed by atoms with van der Waals surface area (Å²) >= 11 is 0. The zero-order valence-electron chi connectivity index (χ0n) is 9.68. The van der Waals surface area contributed by atoms with Crippen LogP contribution in [0.1, 0.15) is 26.7 Å². The molecule has 1 aromatic carbocycles. The van der Waals surface area contributed by atoms with Gasteiger partial charge in [0.2, 0.25) is 5.91 Å². The molecule has 3 heteroatoms. The highest BCUT2D eigenvalue weighted by Crippen LogP contribution is 2.32. The molecule has 1 aromatic rings. The highest BCUT2D eigenvalue weighted by molar-refractivity contribution is 5.97. The first-order valence-corrected chi connectivity index (χ1v) is 5.75. The molecule has 2 rings (SSSR count). The molecule has 1 aliphatic heterocycles. The van der Waals surface area contributed by atoms with E-state index in [4.69, 9.17) is 0 Å². The van der Waals surface area contributed by atoms with Gasteiger partial charge in [-0.25, -0.2) is 0 Å². The maximum atomic E-state index is 12.1. The molecular weight excluding hydrogens is 202 g/mol. The fraction of sp³-hybridized carbons (Fsp3) is 0.462. The summed E-state index contributed by atoms with van der Waals surface area (Å²) in [5.74, 6) is 0.597. The van der Waals surface area contributed by atoms with Gasteiger partial charge in [-0.15, -0.1) is 0 Å². The number of phenolic OH excluding ortho intramolecular Hbond substituents is 1. The van der Waals surface area contributed by atoms with Gasteiger partial charge >= 0.3 is 0 Å². The Morgan fingerprint density at radius 2 is 2.00 bits per heavy atom. The molecule has 86 valence electrons. The normalized spacial score (nSPS) is 25.1. The molecule has 1 heterocycles. The first-order chi connectivity index (χ1) is 7.63. The lowest BCUT2D eigenvalue weighted by Crippen LogP contribution is -2.31. The smallest absolute Gasteiger partial charge is 0.230 e. The van der Waals surface area contributed by atoms with Crippen LogP contribution in [0.25, 0.3) is 0 Å². The molecule has 1 saturated heterocycles. The first kappa shape index (κ1) is 11.0. The molecule has 1 aliphatic rings. The molecule has 0 saturated carbocycles. The predicted octanol–water partition coefficient (Wildman–Crippen LogP) is 2.54. The van der Waals surface area contributed by atoms with Crippen molar-refractivity contribution in [2.24, 2.45) is 5.92 Å². The summed E-state index contributed by atoms with van der Waals surface area (Å²) in [6, 6.07) is 7.08. The van der Waals surface area contributed by atoms with Gasteiger partial charge in [0.05, 0.1) is 0 Å². The van der Waals surface area contributed by atoms with E-state index < -0.39 is 0 Å². The lowest BCUT2D eigenvalue weighted by Gasteiger charge is -2.21. The van der Waals surface area contributed by atoms with E-state index in [0.717, 1.165) is 18.5 Å². The van der Waals surface area contributed by atoms with E-state index in [-0.39, 0.29) is 23.6 Å². The molecule has 2 unspecified atom stereocenters. The summed E-state index contributed by atoms with van der Waals surface area (Å²) < 4.78 is 0. The fourth-order valence-corrected chi connectivity index (χ4v) is 2.37. The Labute approximate surface area is 95.7 Å². The summed E-state index contributed by atoms with van der Waals surface area (Å²) in [5.41, 5.74) is 0.881. The lowest BCUT2D eigenvalue weighted by atomic mass is 10.0. The number of amides is 1. The third kappa shape index (κ3) is 1.77. The van der Waals surface area contributed by atoms with Crippen LogP contribution in [0, 0.1) is 5.92 Å². The molecule has 16 heavy (non-hydrogen) atoms. The van der Waals surface area contributed by atoms with E-state index in [1.165, 1.54) is 0 Å². The molecule has 2 atom stereocenters. The molecular formula is C13H17NO2. The number of hydrogen-bond donors (Lipinski definition) is 1. The molecule has 0 aromatic heterocycles. The van der Waals surface area contributed by atoms with Gasteiger partial charge < -0.3 is 10.0 Å². The Balaban J connectivity index is 2.27. The van der Waals surface area contributed by atoms with Crippen LogP contribution in [0.5, 0.6) is 5.75 Å². The number of rotatable bonds is 2. The second-order valence-electron chi connectivity index (χ2n) is 4.41. The van der Waals surface area contributed by atoms with Crippen molar-refractivity contribution in [3.8, 4) is 5.75 Å². The Bertz CT molecular complexity index is 385. The van der Waals surface area contributed by atoms with Crippen LogP contribution in [0.3, 0.4) is 0 Å². The third-order valence-electron chi connectivity index (χ3n) is 3.27. The number of hydrogen-bond acceptors (Lipinski definition) is 2. The second-order valence-corrected chi connectivity index (χ2v) is 4.41. The van der Waals surface area contributed by atoms with Gasteiger partial charge in [-0.2, -0.15) is 0 Å². The van der Waals surface area contributed by atoms with Crippen molar-refractivity contribution in [1.29, 1.82) is 0 Å². The van der Waals surface area contributed by atoms with Crippen molar-refractivity contribution in [3.63, 3.8) is 0 Å². The van der Waals surface area contributed by atoms with Crippen LogP contribution in [-0.2, 0) is 4.79 Å². The number of benzene rings is 1. The Hall–Kier alpha value is -1.51. The van der Waals surface area contributed by atoms with Gasteiger partial charge in [-0.1, -0.05) is 6.92 Å². The lowest BCUT2D eigenvalue weighted by molar-refractivity contribution is -0.120. The number of phenols is 1. The van der Waals surface area contributed by atoms with Crippen molar-refractivity contribution in [1.82, 2.24) is 0 Å². The van der Waals surface area contributed by atoms with Crippen molar-refractivity contribution < 1.29 is 9.90 Å². The van der Waals surface area contributed by atoms with E-state index in [9.17, 15) is 9.90 Å². The minimum Gasteiger partial charge on any atom is -0.508 e. The summed E-state index contributed by atoms with van der Waals surface area (Å²) in [4.78, 5) is 13.9. The van der Waals surface area contributed by atoms with Gasteiger partial charge in [0.15, 0.2) is 0 Å². The zero-order chi connectivity index (χ0) is 11.7. The van der Waals surface area contributed by atoms with E-state index in [2.05, 4.69) is 13.8 Å². The van der Waals surface area contributed by atoms with Crippen molar-refractivity contribution in [2.45, 2.75) is 32.7 Å². The molecule has 3 nitrogen and oxygen atoms in total. The maximum Gasteiger partial charge on any atom is 0.230 e. The van der Waals surface area contributed by atoms with Gasteiger partial charge in [0.25, 0.3) is 0 Å². The van der Waals surface area contributed by atoms with Crippen LogP contribution >= 0.6 is 0 Å². The van der Waals surface area contributed by atoms with Gasteiger partial charge in [0.1, 0.15) is 5.75 Å². The molecule has 1 N–H and O–H groups in total. The summed E-state index contributed by atoms with van der Waals surface area (Å²) in [7, 11) is 0. The number of aromatic hydroxyl groups is 1. The van der Waals surface area contributed by atoms with Crippen molar-refractivity contribution in [3.05, 3.63) is 24.3 Å². The molecule has 1 fully saturated rings. The molecule has 0 bridgehead atoms. The standard InChI is InChI=1S/C13H17NO2/c1-3-10-8-9(2)14(13(10)16)11-4-6-12(15)7-5-11/h4-7,9-10,15H,3,8H2,1-2H3. The highest BCUT2D eigenvalue weighted by atomic mass is 16.3. The fourth-order valence-electron chi connectivity index (χ4n) is 2.37. The van der Waals surface area contributed by atoms with Crippen LogP contribution in [0.15, 0.2) is 24.3 Å². The zero-order valence-corrected chi connectivity index (χ0v) is 9.68. The van der Waals surface area contributed by atoms with Crippen LogP contribution < -0.4 is 4.90 Å². The summed E-state index contributed by atoms with van der Waals surface area (Å²) in [6.07, 6.45) is 1.83. The Morgan fingerprint density at radius 3 is 2.50 bits per heavy atom. The quantitative estimate of drug-likeness (QED) is 0.830. The first-order valence-electron chi connectivity index (χ1n) is 5.75. The van der Waals surface area contributed by atoms with E-state index in [1.54, 1.807) is 24.3 Å². The van der Waals surface area contributed by atoms with Crippen LogP contribution in [0.2, 0.25) is 0 Å². The number of nitrogens with zero attached hydrogens (tertiary/aromatic N) is 1. The van der Waals surface area contributed by atoms with Crippen LogP contribution in [-0.4, -0.2) is 17.1 Å². The van der Waals surface area contributed by atoms with Crippen LogP contribution in [0.4, 0.5) is 5.69 Å². The largest absolute Gasteiger partial charge is 0.508 e. The minimum atomic E-state index is 0.156. The third-order valence-corrected chi connectivity index (χ3v) is 3.27. The average molecular weight is 219 g/mol.